The standard InChI is InChI=1S/C12H15ClO/c1-3-5-11(12(13)14)10-7-4-6-9(2)8-10/h4,6-8,11H,3,5H2,1-2H3. The Balaban J connectivity index is 2.93. The molecule has 2 heteroatoms. The minimum Gasteiger partial charge on any atom is -0.281 e. The summed E-state index contributed by atoms with van der Waals surface area (Å²) in [7, 11) is 0. The number of carbonyl (C=O) groups is 1. The molecular weight excluding hydrogens is 196 g/mol. The third-order valence-corrected chi connectivity index (χ3v) is 2.56. The fraction of sp³-hybridized carbons (Fsp3) is 0.417. The molecule has 0 aliphatic heterocycles. The summed E-state index contributed by atoms with van der Waals surface area (Å²) >= 11 is 5.57. The zero-order chi connectivity index (χ0) is 10.6. The highest BCUT2D eigenvalue weighted by molar-refractivity contribution is 6.64. The highest BCUT2D eigenvalue weighted by atomic mass is 35.5. The van der Waals surface area contributed by atoms with Crippen molar-refractivity contribution in [2.75, 3.05) is 0 Å². The molecule has 1 unspecified atom stereocenters. The molecule has 0 N–H and O–H groups in total. The summed E-state index contributed by atoms with van der Waals surface area (Å²) in [6, 6.07) is 7.98. The Morgan fingerprint density at radius 3 is 2.71 bits per heavy atom. The molecule has 1 nitrogen and oxygen atoms in total. The van der Waals surface area contributed by atoms with E-state index in [1.807, 2.05) is 31.2 Å². The predicted octanol–water partition coefficient (Wildman–Crippen LogP) is 3.64. The summed E-state index contributed by atoms with van der Waals surface area (Å²) in [6.45, 7) is 4.08. The predicted molar refractivity (Wildman–Crippen MR) is 59.7 cm³/mol. The quantitative estimate of drug-likeness (QED) is 0.694. The van der Waals surface area contributed by atoms with Crippen molar-refractivity contribution in [1.29, 1.82) is 0 Å². The lowest BCUT2D eigenvalue weighted by molar-refractivity contribution is -0.113. The highest BCUT2D eigenvalue weighted by Gasteiger charge is 2.17. The number of hydrogen-bond acceptors (Lipinski definition) is 1. The lowest BCUT2D eigenvalue weighted by Crippen LogP contribution is -2.06. The topological polar surface area (TPSA) is 17.1 Å². The van der Waals surface area contributed by atoms with Gasteiger partial charge in [0.05, 0.1) is 5.92 Å². The summed E-state index contributed by atoms with van der Waals surface area (Å²) in [4.78, 5) is 11.2. The molecule has 0 aliphatic carbocycles. The lowest BCUT2D eigenvalue weighted by Gasteiger charge is -2.11. The van der Waals surface area contributed by atoms with Crippen molar-refractivity contribution >= 4 is 16.8 Å². The Morgan fingerprint density at radius 2 is 2.21 bits per heavy atom. The third-order valence-electron chi connectivity index (χ3n) is 2.30. The van der Waals surface area contributed by atoms with Crippen molar-refractivity contribution in [1.82, 2.24) is 0 Å². The van der Waals surface area contributed by atoms with Crippen molar-refractivity contribution in [2.45, 2.75) is 32.6 Å². The van der Waals surface area contributed by atoms with E-state index >= 15 is 0 Å². The van der Waals surface area contributed by atoms with Crippen LogP contribution in [0, 0.1) is 6.92 Å². The molecule has 0 aromatic heterocycles. The first kappa shape index (κ1) is 11.3. The Hall–Kier alpha value is -0.820. The van der Waals surface area contributed by atoms with Crippen molar-refractivity contribution in [3.8, 4) is 0 Å². The van der Waals surface area contributed by atoms with Crippen LogP contribution in [0.3, 0.4) is 0 Å². The van der Waals surface area contributed by atoms with E-state index in [4.69, 9.17) is 11.6 Å². The second kappa shape index (κ2) is 5.16. The molecule has 1 atom stereocenters. The number of carbonyl (C=O) groups excluding carboxylic acids is 1. The van der Waals surface area contributed by atoms with Crippen LogP contribution in [-0.2, 0) is 4.79 Å². The van der Waals surface area contributed by atoms with Gasteiger partial charge in [-0.25, -0.2) is 0 Å². The van der Waals surface area contributed by atoms with Crippen LogP contribution in [0.4, 0.5) is 0 Å². The average Bonchev–Trinajstić information content (AvgIpc) is 2.13. The Labute approximate surface area is 90.1 Å². The monoisotopic (exact) mass is 210 g/mol. The molecule has 14 heavy (non-hydrogen) atoms. The van der Waals surface area contributed by atoms with Gasteiger partial charge in [-0.1, -0.05) is 43.2 Å². The van der Waals surface area contributed by atoms with Crippen LogP contribution < -0.4 is 0 Å². The molecule has 0 bridgehead atoms. The van der Waals surface area contributed by atoms with E-state index in [9.17, 15) is 4.79 Å². The molecule has 0 saturated carbocycles. The van der Waals surface area contributed by atoms with E-state index in [1.54, 1.807) is 0 Å². The van der Waals surface area contributed by atoms with Crippen molar-refractivity contribution < 1.29 is 4.79 Å². The molecule has 76 valence electrons. The summed E-state index contributed by atoms with van der Waals surface area (Å²) in [5.41, 5.74) is 2.20. The maximum Gasteiger partial charge on any atom is 0.229 e. The van der Waals surface area contributed by atoms with Gasteiger partial charge in [0.2, 0.25) is 5.24 Å². The van der Waals surface area contributed by atoms with E-state index in [-0.39, 0.29) is 11.2 Å². The smallest absolute Gasteiger partial charge is 0.229 e. The Kier molecular flexibility index (Phi) is 4.15. The molecular formula is C12H15ClO. The van der Waals surface area contributed by atoms with E-state index in [0.717, 1.165) is 18.4 Å². The van der Waals surface area contributed by atoms with Gasteiger partial charge in [0.1, 0.15) is 0 Å². The van der Waals surface area contributed by atoms with Crippen LogP contribution in [0.15, 0.2) is 24.3 Å². The fourth-order valence-corrected chi connectivity index (χ4v) is 1.82. The summed E-state index contributed by atoms with van der Waals surface area (Å²) in [5, 5.41) is -0.252. The zero-order valence-electron chi connectivity index (χ0n) is 8.59. The van der Waals surface area contributed by atoms with Gasteiger partial charge in [-0.2, -0.15) is 0 Å². The maximum absolute atomic E-state index is 11.2. The molecule has 1 aromatic rings. The number of halogens is 1. The third kappa shape index (κ3) is 2.85. The Morgan fingerprint density at radius 1 is 1.50 bits per heavy atom. The molecule has 0 fully saturated rings. The minimum atomic E-state index is -0.252. The van der Waals surface area contributed by atoms with Gasteiger partial charge in [0.15, 0.2) is 0 Å². The molecule has 0 aliphatic rings. The van der Waals surface area contributed by atoms with Gasteiger partial charge in [-0.05, 0) is 30.5 Å². The SMILES string of the molecule is CCCC(C(=O)Cl)c1cccc(C)c1. The van der Waals surface area contributed by atoms with Crippen molar-refractivity contribution in [3.05, 3.63) is 35.4 Å². The fourth-order valence-electron chi connectivity index (χ4n) is 1.59. The molecule has 0 heterocycles. The van der Waals surface area contributed by atoms with Gasteiger partial charge in [-0.3, -0.25) is 4.79 Å². The molecule has 0 saturated heterocycles. The molecule has 0 radical (unpaired) electrons. The van der Waals surface area contributed by atoms with Crippen LogP contribution >= 0.6 is 11.6 Å². The molecule has 0 amide bonds. The van der Waals surface area contributed by atoms with E-state index in [0.29, 0.717) is 0 Å². The molecule has 1 rings (SSSR count). The van der Waals surface area contributed by atoms with E-state index in [2.05, 4.69) is 6.92 Å². The van der Waals surface area contributed by atoms with Gasteiger partial charge >= 0.3 is 0 Å². The van der Waals surface area contributed by atoms with E-state index in [1.165, 1.54) is 5.56 Å². The maximum atomic E-state index is 11.2. The van der Waals surface area contributed by atoms with Gasteiger partial charge in [0, 0.05) is 0 Å². The summed E-state index contributed by atoms with van der Waals surface area (Å²) < 4.78 is 0. The van der Waals surface area contributed by atoms with Crippen LogP contribution in [0.2, 0.25) is 0 Å². The number of benzene rings is 1. The first-order chi connectivity index (χ1) is 6.65. The first-order valence-corrected chi connectivity index (χ1v) is 5.29. The van der Waals surface area contributed by atoms with Gasteiger partial charge < -0.3 is 0 Å². The van der Waals surface area contributed by atoms with Crippen molar-refractivity contribution in [2.24, 2.45) is 0 Å². The van der Waals surface area contributed by atoms with E-state index < -0.39 is 0 Å². The summed E-state index contributed by atoms with van der Waals surface area (Å²) in [6.07, 6.45) is 1.79. The first-order valence-electron chi connectivity index (χ1n) is 4.91. The molecule has 0 spiro atoms. The second-order valence-corrected chi connectivity index (χ2v) is 3.93. The highest BCUT2D eigenvalue weighted by Crippen LogP contribution is 2.24. The minimum absolute atomic E-state index is 0.137. The van der Waals surface area contributed by atoms with Crippen molar-refractivity contribution in [3.63, 3.8) is 0 Å². The largest absolute Gasteiger partial charge is 0.281 e. The van der Waals surface area contributed by atoms with Crippen LogP contribution in [0.1, 0.15) is 36.8 Å². The summed E-state index contributed by atoms with van der Waals surface area (Å²) in [5.74, 6) is -0.137. The molecule has 1 aromatic carbocycles. The lowest BCUT2D eigenvalue weighted by atomic mass is 9.95. The Bertz CT molecular complexity index is 320. The number of hydrogen-bond donors (Lipinski definition) is 0. The van der Waals surface area contributed by atoms with Crippen LogP contribution in [-0.4, -0.2) is 5.24 Å². The van der Waals surface area contributed by atoms with Crippen LogP contribution in [0.25, 0.3) is 0 Å². The average molecular weight is 211 g/mol. The van der Waals surface area contributed by atoms with Gasteiger partial charge in [-0.15, -0.1) is 0 Å². The van der Waals surface area contributed by atoms with Crippen LogP contribution in [0.5, 0.6) is 0 Å². The number of aryl methyl sites for hydroxylation is 1. The normalized spacial score (nSPS) is 12.5. The zero-order valence-corrected chi connectivity index (χ0v) is 9.34. The number of rotatable bonds is 4. The second-order valence-electron chi connectivity index (χ2n) is 3.56. The van der Waals surface area contributed by atoms with Gasteiger partial charge in [0.25, 0.3) is 0 Å².